The Hall–Kier alpha value is -6.34. The van der Waals surface area contributed by atoms with E-state index in [1.54, 1.807) is 0 Å². The predicted octanol–water partition coefficient (Wildman–Crippen LogP) is 15.7. The van der Waals surface area contributed by atoms with Gasteiger partial charge in [0.05, 0.1) is 56.5 Å². The smallest absolute Gasteiger partial charge is 0.0820 e. The molecule has 0 spiro atoms. The first-order valence-electron chi connectivity index (χ1n) is 24.1. The Morgan fingerprint density at radius 1 is 0.344 bits per heavy atom. The average molecular weight is 841 g/mol. The molecule has 0 aliphatic rings. The zero-order valence-corrected chi connectivity index (χ0v) is 37.4. The highest BCUT2D eigenvalue weighted by molar-refractivity contribution is 6.24. The third kappa shape index (κ3) is 6.61. The van der Waals surface area contributed by atoms with Crippen LogP contribution in [0.1, 0.15) is 103 Å². The lowest BCUT2D eigenvalue weighted by atomic mass is 10.1. The molecule has 0 fully saturated rings. The van der Waals surface area contributed by atoms with Crippen LogP contribution in [0.4, 0.5) is 0 Å². The van der Waals surface area contributed by atoms with Gasteiger partial charge in [-0.25, -0.2) is 0 Å². The van der Waals surface area contributed by atoms with Crippen LogP contribution >= 0.6 is 0 Å². The van der Waals surface area contributed by atoms with E-state index in [4.69, 9.17) is 11.5 Å². The Balaban J connectivity index is 1.12. The molecule has 11 aromatic rings. The number of hydrogen-bond acceptors (Lipinski definition) is 2. The SMILES string of the molecule is CCCCCCCC(N)n1c2ccccc2c2cc(-n3c4ccccc4c4ccc5c6ccccc6n(-c6ccc7c(c6)c6ccccc6n7C(N)CCCCCCC)c5c43)ccc21. The molecule has 0 amide bonds. The van der Waals surface area contributed by atoms with Crippen LogP contribution in [0.15, 0.2) is 146 Å². The topological polar surface area (TPSA) is 71.8 Å². The van der Waals surface area contributed by atoms with Crippen molar-refractivity contribution in [2.75, 3.05) is 0 Å². The Morgan fingerprint density at radius 3 is 1.09 bits per heavy atom. The molecule has 11 rings (SSSR count). The van der Waals surface area contributed by atoms with Gasteiger partial charge in [0, 0.05) is 54.5 Å². The molecule has 0 saturated heterocycles. The number of nitrogens with zero attached hydrogens (tertiary/aromatic N) is 4. The van der Waals surface area contributed by atoms with E-state index in [2.05, 4.69) is 178 Å². The quantitative estimate of drug-likeness (QED) is 0.0951. The second-order valence-electron chi connectivity index (χ2n) is 18.3. The maximum absolute atomic E-state index is 7.10. The minimum Gasteiger partial charge on any atom is -0.324 e. The standard InChI is InChI=1S/C58H60N6/c1-3-5-7-9-11-29-55(59)63-51-27-19-15-23-43(51)47-37-39(31-35-53(47)63)61-49-25-17-13-21-41(49)45-33-34-46-42-22-14-18-26-50(42)62(58(46)57(45)61)40-32-36-54-48(38-40)44-24-16-20-28-52(44)64(54)56(60)30-12-10-8-6-4-2/h13-28,31-38,55-56H,3-12,29-30,59-60H2,1-2H3. The summed E-state index contributed by atoms with van der Waals surface area (Å²) < 4.78 is 9.82. The number of aromatic nitrogens is 4. The van der Waals surface area contributed by atoms with Crippen LogP contribution < -0.4 is 11.5 Å². The molecule has 0 aliphatic heterocycles. The van der Waals surface area contributed by atoms with Crippen LogP contribution in [0.3, 0.4) is 0 Å². The third-order valence-electron chi connectivity index (χ3n) is 14.2. The Labute approximate surface area is 375 Å². The van der Waals surface area contributed by atoms with E-state index in [9.17, 15) is 0 Å². The summed E-state index contributed by atoms with van der Waals surface area (Å²) in [6.45, 7) is 4.54. The van der Waals surface area contributed by atoms with Gasteiger partial charge in [0.1, 0.15) is 0 Å². The van der Waals surface area contributed by atoms with Gasteiger partial charge in [0.15, 0.2) is 0 Å². The maximum atomic E-state index is 7.10. The minimum absolute atomic E-state index is 0.0869. The molecule has 2 unspecified atom stereocenters. The van der Waals surface area contributed by atoms with Crippen molar-refractivity contribution in [2.45, 2.75) is 103 Å². The van der Waals surface area contributed by atoms with Gasteiger partial charge in [-0.1, -0.05) is 163 Å². The normalized spacial score (nSPS) is 13.3. The number of hydrogen-bond donors (Lipinski definition) is 2. The largest absolute Gasteiger partial charge is 0.324 e. The lowest BCUT2D eigenvalue weighted by Gasteiger charge is -2.17. The van der Waals surface area contributed by atoms with E-state index in [1.807, 2.05) is 0 Å². The zero-order valence-electron chi connectivity index (χ0n) is 37.4. The highest BCUT2D eigenvalue weighted by Crippen LogP contribution is 2.44. The van der Waals surface area contributed by atoms with Crippen molar-refractivity contribution in [3.05, 3.63) is 146 Å². The zero-order chi connectivity index (χ0) is 43.3. The van der Waals surface area contributed by atoms with Crippen molar-refractivity contribution < 1.29 is 0 Å². The van der Waals surface area contributed by atoms with Crippen LogP contribution in [0.25, 0.3) is 98.6 Å². The van der Waals surface area contributed by atoms with Gasteiger partial charge < -0.3 is 29.7 Å². The van der Waals surface area contributed by atoms with Crippen molar-refractivity contribution in [3.63, 3.8) is 0 Å². The Bertz CT molecular complexity index is 3250. The van der Waals surface area contributed by atoms with Crippen molar-refractivity contribution in [1.29, 1.82) is 0 Å². The third-order valence-corrected chi connectivity index (χ3v) is 14.2. The Kier molecular flexibility index (Phi) is 10.7. The molecule has 4 heterocycles. The highest BCUT2D eigenvalue weighted by Gasteiger charge is 2.24. The number of fused-ring (bicyclic) bond motifs is 13. The van der Waals surface area contributed by atoms with E-state index in [0.717, 1.165) is 37.1 Å². The molecule has 6 nitrogen and oxygen atoms in total. The van der Waals surface area contributed by atoms with E-state index in [-0.39, 0.29) is 12.3 Å². The van der Waals surface area contributed by atoms with Gasteiger partial charge in [-0.15, -0.1) is 0 Å². The van der Waals surface area contributed by atoms with Crippen molar-refractivity contribution >= 4 is 87.2 Å². The van der Waals surface area contributed by atoms with Crippen molar-refractivity contribution in [3.8, 4) is 11.4 Å². The van der Waals surface area contributed by atoms with Gasteiger partial charge in [-0.05, 0) is 73.5 Å². The molecular weight excluding hydrogens is 781 g/mol. The molecule has 6 heteroatoms. The molecule has 0 radical (unpaired) electrons. The number of para-hydroxylation sites is 4. The summed E-state index contributed by atoms with van der Waals surface area (Å²) in [7, 11) is 0. The molecule has 4 aromatic heterocycles. The van der Waals surface area contributed by atoms with E-state index >= 15 is 0 Å². The summed E-state index contributed by atoms with van der Waals surface area (Å²) in [4.78, 5) is 0. The minimum atomic E-state index is -0.0869. The second kappa shape index (κ2) is 17.0. The summed E-state index contributed by atoms with van der Waals surface area (Å²) in [5.41, 5.74) is 26.0. The van der Waals surface area contributed by atoms with Crippen LogP contribution in [-0.2, 0) is 0 Å². The summed E-state index contributed by atoms with van der Waals surface area (Å²) in [6, 6.07) is 54.2. The van der Waals surface area contributed by atoms with Crippen molar-refractivity contribution in [2.24, 2.45) is 11.5 Å². The molecule has 2 atom stereocenters. The molecule has 322 valence electrons. The predicted molar refractivity (Wildman–Crippen MR) is 274 cm³/mol. The van der Waals surface area contributed by atoms with E-state index in [1.165, 1.54) is 139 Å². The van der Waals surface area contributed by atoms with Crippen molar-refractivity contribution in [1.82, 2.24) is 18.3 Å². The molecule has 0 aliphatic carbocycles. The fraction of sp³-hybridized carbons (Fsp3) is 0.276. The lowest BCUT2D eigenvalue weighted by Crippen LogP contribution is -2.18. The van der Waals surface area contributed by atoms with Crippen LogP contribution in [0.2, 0.25) is 0 Å². The first kappa shape index (κ1) is 40.4. The number of rotatable bonds is 16. The first-order chi connectivity index (χ1) is 31.6. The maximum Gasteiger partial charge on any atom is 0.0820 e. The molecule has 0 bridgehead atoms. The summed E-state index contributed by atoms with van der Waals surface area (Å²) in [6.07, 6.45) is 14.1. The summed E-state index contributed by atoms with van der Waals surface area (Å²) >= 11 is 0. The van der Waals surface area contributed by atoms with Gasteiger partial charge in [-0.2, -0.15) is 0 Å². The molecular formula is C58H60N6. The number of unbranched alkanes of at least 4 members (excludes halogenated alkanes) is 8. The second-order valence-corrected chi connectivity index (χ2v) is 18.3. The monoisotopic (exact) mass is 840 g/mol. The van der Waals surface area contributed by atoms with Crippen LogP contribution in [-0.4, -0.2) is 18.3 Å². The van der Waals surface area contributed by atoms with Gasteiger partial charge in [0.25, 0.3) is 0 Å². The van der Waals surface area contributed by atoms with Crippen LogP contribution in [0, 0.1) is 0 Å². The van der Waals surface area contributed by atoms with E-state index < -0.39 is 0 Å². The van der Waals surface area contributed by atoms with E-state index in [0.29, 0.717) is 0 Å². The first-order valence-corrected chi connectivity index (χ1v) is 24.1. The molecule has 4 N–H and O–H groups in total. The molecule has 64 heavy (non-hydrogen) atoms. The number of benzene rings is 7. The average Bonchev–Trinajstić information content (AvgIpc) is 4.06. The molecule has 0 saturated carbocycles. The van der Waals surface area contributed by atoms with Gasteiger partial charge in [0.2, 0.25) is 0 Å². The molecule has 7 aromatic carbocycles. The fourth-order valence-corrected chi connectivity index (χ4v) is 11.2. The Morgan fingerprint density at radius 2 is 0.688 bits per heavy atom. The highest BCUT2D eigenvalue weighted by atomic mass is 15.1. The van der Waals surface area contributed by atoms with Gasteiger partial charge in [-0.3, -0.25) is 0 Å². The lowest BCUT2D eigenvalue weighted by molar-refractivity contribution is 0.471. The summed E-state index contributed by atoms with van der Waals surface area (Å²) in [5.74, 6) is 0. The van der Waals surface area contributed by atoms with Gasteiger partial charge >= 0.3 is 0 Å². The summed E-state index contributed by atoms with van der Waals surface area (Å²) in [5, 5.41) is 9.90. The van der Waals surface area contributed by atoms with Crippen LogP contribution in [0.5, 0.6) is 0 Å². The fourth-order valence-electron chi connectivity index (χ4n) is 11.2. The number of nitrogens with two attached hydrogens (primary N) is 2.